The van der Waals surface area contributed by atoms with Crippen molar-refractivity contribution in [2.24, 2.45) is 0 Å². The average Bonchev–Trinajstić information content (AvgIpc) is 2.03. The van der Waals surface area contributed by atoms with Crippen LogP contribution in [0.15, 0.2) is 0 Å². The Bertz CT molecular complexity index is 133. The molecule has 0 atom stereocenters. The summed E-state index contributed by atoms with van der Waals surface area (Å²) in [7, 11) is -1.53. The summed E-state index contributed by atoms with van der Waals surface area (Å²) in [5, 5.41) is 0. The quantitative estimate of drug-likeness (QED) is 0.587. The van der Waals surface area contributed by atoms with Gasteiger partial charge in [0.25, 0.3) is 0 Å². The van der Waals surface area contributed by atoms with Crippen molar-refractivity contribution in [1.82, 2.24) is 0 Å². The van der Waals surface area contributed by atoms with Gasteiger partial charge in [-0.05, 0) is 34.1 Å². The maximum absolute atomic E-state index is 5.82. The van der Waals surface area contributed by atoms with Gasteiger partial charge >= 0.3 is 9.53 Å². The Morgan fingerprint density at radius 2 is 1.50 bits per heavy atom. The summed E-state index contributed by atoms with van der Waals surface area (Å²) >= 11 is 0. The third-order valence-electron chi connectivity index (χ3n) is 1.74. The van der Waals surface area contributed by atoms with Crippen LogP contribution < -0.4 is 0 Å². The van der Waals surface area contributed by atoms with Gasteiger partial charge in [-0.25, -0.2) is 0 Å². The summed E-state index contributed by atoms with van der Waals surface area (Å²) in [5.74, 6) is 0. The molecule has 14 heavy (non-hydrogen) atoms. The molecule has 0 aliphatic rings. The summed E-state index contributed by atoms with van der Waals surface area (Å²) < 4.78 is 16.7. The second kappa shape index (κ2) is 7.40. The zero-order chi connectivity index (χ0) is 11.0. The predicted octanol–water partition coefficient (Wildman–Crippen LogP) is 2.64. The Balaban J connectivity index is 3.98. The molecule has 4 heteroatoms. The van der Waals surface area contributed by atoms with Crippen molar-refractivity contribution in [3.8, 4) is 0 Å². The fourth-order valence-corrected chi connectivity index (χ4v) is 2.44. The Kier molecular flexibility index (Phi) is 7.45. The second-order valence-corrected chi connectivity index (χ2v) is 5.01. The van der Waals surface area contributed by atoms with Crippen molar-refractivity contribution < 1.29 is 13.3 Å². The predicted molar refractivity (Wildman–Crippen MR) is 59.1 cm³/mol. The van der Waals surface area contributed by atoms with Crippen LogP contribution in [0, 0.1) is 0 Å². The van der Waals surface area contributed by atoms with E-state index < -0.39 is 9.53 Å². The molecule has 0 aromatic carbocycles. The molecule has 0 rings (SSSR count). The molecule has 0 N–H and O–H groups in total. The van der Waals surface area contributed by atoms with Gasteiger partial charge in [0.1, 0.15) is 0 Å². The van der Waals surface area contributed by atoms with Crippen molar-refractivity contribution in [3.63, 3.8) is 0 Å². The maximum atomic E-state index is 5.82. The largest absolute Gasteiger partial charge is 0.578 e. The lowest BCUT2D eigenvalue weighted by Gasteiger charge is -2.27. The Morgan fingerprint density at radius 3 is 1.86 bits per heavy atom. The summed E-state index contributed by atoms with van der Waals surface area (Å²) in [5.41, 5.74) is -0.132. The van der Waals surface area contributed by atoms with E-state index in [2.05, 4.69) is 20.8 Å². The SMILES string of the molecule is CCCC(C)(C)O[Si](OCC)OCC. The minimum atomic E-state index is -1.53. The highest BCUT2D eigenvalue weighted by Crippen LogP contribution is 2.18. The third-order valence-corrected chi connectivity index (χ3v) is 3.50. The molecule has 0 heterocycles. The zero-order valence-corrected chi connectivity index (χ0v) is 11.1. The molecule has 0 saturated carbocycles. The lowest BCUT2D eigenvalue weighted by atomic mass is 10.0. The molecule has 0 aliphatic carbocycles. The van der Waals surface area contributed by atoms with Gasteiger partial charge in [-0.2, -0.15) is 0 Å². The summed E-state index contributed by atoms with van der Waals surface area (Å²) in [6, 6.07) is 0. The Hall–Kier alpha value is 0.0969. The minimum Gasteiger partial charge on any atom is -0.371 e. The second-order valence-electron chi connectivity index (χ2n) is 3.73. The van der Waals surface area contributed by atoms with Crippen molar-refractivity contribution in [2.45, 2.75) is 53.1 Å². The molecule has 0 saturated heterocycles. The first-order chi connectivity index (χ1) is 6.55. The van der Waals surface area contributed by atoms with Gasteiger partial charge in [-0.3, -0.25) is 0 Å². The topological polar surface area (TPSA) is 27.7 Å². The van der Waals surface area contributed by atoms with E-state index in [-0.39, 0.29) is 5.60 Å². The average molecular weight is 219 g/mol. The fourth-order valence-electron chi connectivity index (χ4n) is 1.21. The van der Waals surface area contributed by atoms with E-state index in [1.807, 2.05) is 13.8 Å². The highest BCUT2D eigenvalue weighted by atomic mass is 28.3. The molecule has 0 amide bonds. The van der Waals surface area contributed by atoms with Crippen molar-refractivity contribution in [1.29, 1.82) is 0 Å². The van der Waals surface area contributed by atoms with Gasteiger partial charge in [-0.1, -0.05) is 13.3 Å². The monoisotopic (exact) mass is 219 g/mol. The summed E-state index contributed by atoms with van der Waals surface area (Å²) in [6.07, 6.45) is 2.14. The molecule has 0 bridgehead atoms. The molecule has 0 unspecified atom stereocenters. The van der Waals surface area contributed by atoms with Crippen molar-refractivity contribution >= 4 is 9.53 Å². The first-order valence-electron chi connectivity index (χ1n) is 5.37. The zero-order valence-electron chi connectivity index (χ0n) is 10.1. The number of rotatable bonds is 8. The van der Waals surface area contributed by atoms with Gasteiger partial charge in [-0.15, -0.1) is 0 Å². The normalized spacial score (nSPS) is 12.4. The van der Waals surface area contributed by atoms with Crippen LogP contribution in [0.4, 0.5) is 0 Å². The van der Waals surface area contributed by atoms with Crippen LogP contribution in [0.1, 0.15) is 47.5 Å². The van der Waals surface area contributed by atoms with Gasteiger partial charge in [0.05, 0.1) is 5.60 Å². The van der Waals surface area contributed by atoms with Gasteiger partial charge in [0.15, 0.2) is 0 Å². The van der Waals surface area contributed by atoms with E-state index in [0.29, 0.717) is 13.2 Å². The molecule has 0 spiro atoms. The van der Waals surface area contributed by atoms with Crippen LogP contribution in [0.2, 0.25) is 0 Å². The highest BCUT2D eigenvalue weighted by Gasteiger charge is 2.28. The maximum Gasteiger partial charge on any atom is 0.578 e. The van der Waals surface area contributed by atoms with Crippen LogP contribution >= 0.6 is 0 Å². The fraction of sp³-hybridized carbons (Fsp3) is 1.00. The van der Waals surface area contributed by atoms with Crippen LogP contribution in [-0.4, -0.2) is 28.3 Å². The molecule has 1 radical (unpaired) electrons. The van der Waals surface area contributed by atoms with E-state index in [0.717, 1.165) is 12.8 Å². The first kappa shape index (κ1) is 14.1. The third kappa shape index (κ3) is 6.54. The first-order valence-corrected chi connectivity index (χ1v) is 6.59. The molecule has 0 aromatic heterocycles. The Morgan fingerprint density at radius 1 is 1.00 bits per heavy atom. The molecule has 0 fully saturated rings. The lowest BCUT2D eigenvalue weighted by Crippen LogP contribution is -2.37. The van der Waals surface area contributed by atoms with Gasteiger partial charge in [0, 0.05) is 13.2 Å². The highest BCUT2D eigenvalue weighted by molar-refractivity contribution is 6.36. The molecular weight excluding hydrogens is 196 g/mol. The van der Waals surface area contributed by atoms with Crippen molar-refractivity contribution in [3.05, 3.63) is 0 Å². The van der Waals surface area contributed by atoms with Crippen LogP contribution in [0.3, 0.4) is 0 Å². The van der Waals surface area contributed by atoms with Crippen LogP contribution in [0.5, 0.6) is 0 Å². The lowest BCUT2D eigenvalue weighted by molar-refractivity contribution is 0.0102. The molecule has 3 nitrogen and oxygen atoms in total. The van der Waals surface area contributed by atoms with Gasteiger partial charge < -0.3 is 13.3 Å². The van der Waals surface area contributed by atoms with Crippen molar-refractivity contribution in [2.75, 3.05) is 13.2 Å². The standard InChI is InChI=1S/C10H23O3Si/c1-6-9-10(4,5)13-14(11-7-2)12-8-3/h6-9H2,1-5H3. The summed E-state index contributed by atoms with van der Waals surface area (Å²) in [4.78, 5) is 0. The van der Waals surface area contributed by atoms with E-state index in [4.69, 9.17) is 13.3 Å². The molecule has 85 valence electrons. The van der Waals surface area contributed by atoms with Crippen LogP contribution in [-0.2, 0) is 13.3 Å². The van der Waals surface area contributed by atoms with Gasteiger partial charge in [0.2, 0.25) is 0 Å². The molecule has 0 aliphatic heterocycles. The van der Waals surface area contributed by atoms with Crippen LogP contribution in [0.25, 0.3) is 0 Å². The summed E-state index contributed by atoms with van der Waals surface area (Å²) in [6.45, 7) is 11.5. The molecule has 0 aromatic rings. The Labute approximate surface area is 89.7 Å². The minimum absolute atomic E-state index is 0.132. The molecular formula is C10H23O3Si. The van der Waals surface area contributed by atoms with E-state index in [9.17, 15) is 0 Å². The smallest absolute Gasteiger partial charge is 0.371 e. The number of hydrogen-bond acceptors (Lipinski definition) is 3. The van der Waals surface area contributed by atoms with E-state index in [1.54, 1.807) is 0 Å². The van der Waals surface area contributed by atoms with E-state index >= 15 is 0 Å². The number of hydrogen-bond donors (Lipinski definition) is 0. The van der Waals surface area contributed by atoms with E-state index in [1.165, 1.54) is 0 Å².